The van der Waals surface area contributed by atoms with Crippen LogP contribution in [0.3, 0.4) is 0 Å². The van der Waals surface area contributed by atoms with E-state index >= 15 is 0 Å². The summed E-state index contributed by atoms with van der Waals surface area (Å²) < 4.78 is 5.60. The molecular formula is C24H27N7O2. The van der Waals surface area contributed by atoms with Crippen molar-refractivity contribution < 1.29 is 9.53 Å². The largest absolute Gasteiger partial charge is 0.481 e. The second-order valence-electron chi connectivity index (χ2n) is 7.86. The van der Waals surface area contributed by atoms with Gasteiger partial charge in [-0.25, -0.2) is 15.0 Å². The van der Waals surface area contributed by atoms with E-state index in [4.69, 9.17) is 4.74 Å². The highest BCUT2D eigenvalue weighted by Crippen LogP contribution is 2.22. The van der Waals surface area contributed by atoms with E-state index in [9.17, 15) is 4.79 Å². The number of nitrogens with zero attached hydrogens (tertiary/aromatic N) is 6. The van der Waals surface area contributed by atoms with E-state index in [1.54, 1.807) is 6.08 Å². The molecule has 0 radical (unpaired) electrons. The van der Waals surface area contributed by atoms with Crippen molar-refractivity contribution >= 4 is 22.9 Å². The van der Waals surface area contributed by atoms with Crippen molar-refractivity contribution in [3.05, 3.63) is 54.6 Å². The zero-order chi connectivity index (χ0) is 23.0. The molecule has 0 aliphatic carbocycles. The first-order valence-corrected chi connectivity index (χ1v) is 10.8. The Morgan fingerprint density at radius 3 is 2.73 bits per heavy atom. The second kappa shape index (κ2) is 10.6. The number of carbonyl (C=O) groups excluding carboxylic acids is 1. The Hall–Kier alpha value is -3.90. The van der Waals surface area contributed by atoms with Crippen LogP contribution in [-0.2, 0) is 4.79 Å². The van der Waals surface area contributed by atoms with Crippen LogP contribution in [0.1, 0.15) is 5.82 Å². The van der Waals surface area contributed by atoms with Crippen molar-refractivity contribution in [2.45, 2.75) is 0 Å². The number of hydrogen-bond acceptors (Lipinski definition) is 7. The number of hydrogen-bond donors (Lipinski definition) is 1. The Morgan fingerprint density at radius 1 is 1.18 bits per heavy atom. The molecule has 1 amide bonds. The molecule has 0 spiro atoms. The van der Waals surface area contributed by atoms with Crippen LogP contribution in [0.15, 0.2) is 48.8 Å². The van der Waals surface area contributed by atoms with Crippen LogP contribution in [0.25, 0.3) is 11.2 Å². The Kier molecular flexibility index (Phi) is 7.17. The monoisotopic (exact) mass is 445 g/mol. The van der Waals surface area contributed by atoms with Crippen molar-refractivity contribution in [3.63, 3.8) is 0 Å². The van der Waals surface area contributed by atoms with Crippen molar-refractivity contribution in [2.24, 2.45) is 0 Å². The molecule has 9 heteroatoms. The van der Waals surface area contributed by atoms with Gasteiger partial charge in [0, 0.05) is 38.8 Å². The average Bonchev–Trinajstić information content (AvgIpc) is 3.25. The number of fused-ring (bicyclic) bond motifs is 1. The summed E-state index contributed by atoms with van der Waals surface area (Å²) in [5, 5.41) is 0. The van der Waals surface area contributed by atoms with E-state index in [0.29, 0.717) is 43.2 Å². The Labute approximate surface area is 193 Å². The van der Waals surface area contributed by atoms with Crippen LogP contribution in [0.4, 0.5) is 5.82 Å². The van der Waals surface area contributed by atoms with E-state index in [1.807, 2.05) is 60.3 Å². The molecule has 9 nitrogen and oxygen atoms in total. The molecule has 1 N–H and O–H groups in total. The number of para-hydroxylation sites is 1. The number of rotatable bonds is 6. The number of piperazine rings is 1. The molecule has 1 aliphatic rings. The van der Waals surface area contributed by atoms with E-state index < -0.39 is 0 Å². The summed E-state index contributed by atoms with van der Waals surface area (Å²) in [5.74, 6) is 8.04. The minimum atomic E-state index is 0.0411. The standard InChI is InChI=1S/C24H27N7O2/c1-29(2)12-6-11-21(32)30-13-15-31(16-14-30)24-22-23(25-18-26-24)28-20(27-22)10-7-17-33-19-8-4-3-5-9-19/h3-6,8-9,11,18H,12-17H2,1-2H3,(H,25,26,27,28). The van der Waals surface area contributed by atoms with Gasteiger partial charge in [-0.1, -0.05) is 30.2 Å². The molecule has 2 aromatic heterocycles. The summed E-state index contributed by atoms with van der Waals surface area (Å²) in [5.41, 5.74) is 1.31. The van der Waals surface area contributed by atoms with Crippen molar-refractivity contribution in [2.75, 3.05) is 58.3 Å². The fourth-order valence-electron chi connectivity index (χ4n) is 3.47. The summed E-state index contributed by atoms with van der Waals surface area (Å²) >= 11 is 0. The number of nitrogens with one attached hydrogen (secondary N) is 1. The lowest BCUT2D eigenvalue weighted by atomic mass is 10.3. The number of imidazole rings is 1. The smallest absolute Gasteiger partial charge is 0.246 e. The molecule has 1 aliphatic heterocycles. The molecule has 3 aromatic rings. The third-order valence-electron chi connectivity index (χ3n) is 5.15. The third kappa shape index (κ3) is 5.87. The summed E-state index contributed by atoms with van der Waals surface area (Å²) in [4.78, 5) is 34.9. The summed E-state index contributed by atoms with van der Waals surface area (Å²) in [6.45, 7) is 3.62. The SMILES string of the molecule is CN(C)CC=CC(=O)N1CCN(c2ncnc3[nH]c(C#CCOc4ccccc4)nc23)CC1. The highest BCUT2D eigenvalue weighted by Gasteiger charge is 2.23. The maximum absolute atomic E-state index is 12.4. The number of amides is 1. The van der Waals surface area contributed by atoms with E-state index in [0.717, 1.165) is 18.1 Å². The predicted molar refractivity (Wildman–Crippen MR) is 127 cm³/mol. The van der Waals surface area contributed by atoms with Gasteiger partial charge in [0.05, 0.1) is 0 Å². The van der Waals surface area contributed by atoms with Gasteiger partial charge in [0.25, 0.3) is 0 Å². The van der Waals surface area contributed by atoms with E-state index in [-0.39, 0.29) is 12.5 Å². The number of benzene rings is 1. The molecule has 0 unspecified atom stereocenters. The lowest BCUT2D eigenvalue weighted by molar-refractivity contribution is -0.126. The summed E-state index contributed by atoms with van der Waals surface area (Å²) in [6, 6.07) is 9.54. The fourth-order valence-corrected chi connectivity index (χ4v) is 3.47. The molecule has 3 heterocycles. The van der Waals surface area contributed by atoms with Gasteiger partial charge in [0.2, 0.25) is 5.91 Å². The Bertz CT molecular complexity index is 1170. The Morgan fingerprint density at radius 2 is 1.97 bits per heavy atom. The first kappa shape index (κ1) is 22.3. The summed E-state index contributed by atoms with van der Waals surface area (Å²) in [7, 11) is 3.95. The predicted octanol–water partition coefficient (Wildman–Crippen LogP) is 1.55. The molecule has 1 fully saturated rings. The van der Waals surface area contributed by atoms with Gasteiger partial charge in [-0.15, -0.1) is 0 Å². The first-order valence-electron chi connectivity index (χ1n) is 10.8. The topological polar surface area (TPSA) is 90.5 Å². The third-order valence-corrected chi connectivity index (χ3v) is 5.15. The number of H-pyrrole nitrogens is 1. The van der Waals surface area contributed by atoms with E-state index in [2.05, 4.69) is 36.7 Å². The molecule has 170 valence electrons. The van der Waals surface area contributed by atoms with Crippen LogP contribution in [0.2, 0.25) is 0 Å². The highest BCUT2D eigenvalue weighted by molar-refractivity contribution is 5.88. The lowest BCUT2D eigenvalue weighted by Crippen LogP contribution is -2.48. The minimum absolute atomic E-state index is 0.0411. The van der Waals surface area contributed by atoms with Crippen LogP contribution in [0.5, 0.6) is 5.75 Å². The van der Waals surface area contributed by atoms with Crippen LogP contribution >= 0.6 is 0 Å². The van der Waals surface area contributed by atoms with Gasteiger partial charge in [-0.2, -0.15) is 0 Å². The normalized spacial score (nSPS) is 14.0. The van der Waals surface area contributed by atoms with Gasteiger partial charge in [0.15, 0.2) is 22.8 Å². The average molecular weight is 446 g/mol. The van der Waals surface area contributed by atoms with Crippen molar-refractivity contribution in [1.29, 1.82) is 0 Å². The van der Waals surface area contributed by atoms with Crippen LogP contribution < -0.4 is 9.64 Å². The summed E-state index contributed by atoms with van der Waals surface area (Å²) in [6.07, 6.45) is 5.06. The van der Waals surface area contributed by atoms with Crippen LogP contribution in [-0.4, -0.2) is 89.1 Å². The van der Waals surface area contributed by atoms with Crippen molar-refractivity contribution in [3.8, 4) is 17.6 Å². The van der Waals surface area contributed by atoms with Gasteiger partial charge < -0.3 is 24.4 Å². The number of anilines is 1. The zero-order valence-electron chi connectivity index (χ0n) is 18.9. The number of ether oxygens (including phenoxy) is 1. The lowest BCUT2D eigenvalue weighted by Gasteiger charge is -2.34. The zero-order valence-corrected chi connectivity index (χ0v) is 18.9. The number of likely N-dealkylation sites (N-methyl/N-ethyl adjacent to an activating group) is 1. The quantitative estimate of drug-likeness (QED) is 0.455. The van der Waals surface area contributed by atoms with Gasteiger partial charge >= 0.3 is 0 Å². The molecule has 33 heavy (non-hydrogen) atoms. The van der Waals surface area contributed by atoms with Crippen molar-refractivity contribution in [1.82, 2.24) is 29.7 Å². The molecule has 0 saturated carbocycles. The first-order chi connectivity index (χ1) is 16.1. The molecule has 1 aromatic carbocycles. The second-order valence-corrected chi connectivity index (χ2v) is 7.86. The van der Waals surface area contributed by atoms with Gasteiger partial charge in [-0.05, 0) is 32.1 Å². The maximum Gasteiger partial charge on any atom is 0.246 e. The minimum Gasteiger partial charge on any atom is -0.481 e. The van der Waals surface area contributed by atoms with Gasteiger partial charge in [-0.3, -0.25) is 4.79 Å². The maximum atomic E-state index is 12.4. The van der Waals surface area contributed by atoms with Gasteiger partial charge in [0.1, 0.15) is 18.7 Å². The molecule has 1 saturated heterocycles. The van der Waals surface area contributed by atoms with E-state index in [1.165, 1.54) is 6.33 Å². The fraction of sp³-hybridized carbons (Fsp3) is 0.333. The molecular weight excluding hydrogens is 418 g/mol. The van der Waals surface area contributed by atoms with Crippen LogP contribution in [0, 0.1) is 11.8 Å². The number of aromatic nitrogens is 4. The highest BCUT2D eigenvalue weighted by atomic mass is 16.5. The molecule has 0 atom stereocenters. The molecule has 0 bridgehead atoms. The molecule has 4 rings (SSSR count). The number of aromatic amines is 1. The Balaban J connectivity index is 1.38. The number of carbonyl (C=O) groups is 1.